The van der Waals surface area contributed by atoms with Gasteiger partial charge < -0.3 is 9.80 Å². The number of alkyl halides is 3. The molecule has 7 nitrogen and oxygen atoms in total. The lowest BCUT2D eigenvalue weighted by molar-refractivity contribution is -0.138. The lowest BCUT2D eigenvalue weighted by atomic mass is 10.1. The van der Waals surface area contributed by atoms with Crippen molar-refractivity contribution in [2.75, 3.05) is 32.7 Å². The zero-order valence-electron chi connectivity index (χ0n) is 17.3. The zero-order chi connectivity index (χ0) is 24.2. The van der Waals surface area contributed by atoms with Gasteiger partial charge in [-0.25, -0.2) is 17.5 Å². The van der Waals surface area contributed by atoms with Crippen molar-refractivity contribution in [3.8, 4) is 0 Å². The number of hydrogen-bond donors (Lipinski definition) is 1. The normalized spacial score (nSPS) is 14.9. The van der Waals surface area contributed by atoms with Crippen molar-refractivity contribution in [1.29, 1.82) is 0 Å². The molecule has 3 rings (SSSR count). The van der Waals surface area contributed by atoms with Gasteiger partial charge in [0.15, 0.2) is 0 Å². The summed E-state index contributed by atoms with van der Waals surface area (Å²) >= 11 is 0. The first-order valence-corrected chi connectivity index (χ1v) is 11.4. The molecule has 1 N–H and O–H groups in total. The Hall–Kier alpha value is -2.99. The Morgan fingerprint density at radius 1 is 0.909 bits per heavy atom. The summed E-state index contributed by atoms with van der Waals surface area (Å²) < 4.78 is 78.1. The summed E-state index contributed by atoms with van der Waals surface area (Å²) in [4.78, 5) is 27.1. The molecule has 0 radical (unpaired) electrons. The zero-order valence-corrected chi connectivity index (χ0v) is 18.1. The molecule has 1 fully saturated rings. The Balaban J connectivity index is 1.51. The van der Waals surface area contributed by atoms with Crippen molar-refractivity contribution in [2.45, 2.75) is 17.5 Å². The molecule has 2 aromatic carbocycles. The first-order valence-electron chi connectivity index (χ1n) is 9.92. The molecule has 1 heterocycles. The highest BCUT2D eigenvalue weighted by atomic mass is 32.2. The van der Waals surface area contributed by atoms with Crippen LogP contribution in [0.15, 0.2) is 53.4 Å². The van der Waals surface area contributed by atoms with Gasteiger partial charge in [-0.05, 0) is 35.9 Å². The van der Waals surface area contributed by atoms with Crippen LogP contribution in [-0.2, 0) is 32.2 Å². The molecule has 2 amide bonds. The van der Waals surface area contributed by atoms with E-state index in [1.165, 1.54) is 29.2 Å². The monoisotopic (exact) mass is 487 g/mol. The molecule has 0 aliphatic carbocycles. The van der Waals surface area contributed by atoms with Crippen LogP contribution in [-0.4, -0.2) is 62.8 Å². The summed E-state index contributed by atoms with van der Waals surface area (Å²) in [5.74, 6) is -1.14. The van der Waals surface area contributed by atoms with E-state index in [2.05, 4.69) is 0 Å². The minimum atomic E-state index is -4.70. The van der Waals surface area contributed by atoms with E-state index in [1.807, 2.05) is 4.72 Å². The maximum absolute atomic E-state index is 13.0. The average Bonchev–Trinajstić information content (AvgIpc) is 2.78. The number of sulfonamides is 1. The third-order valence-corrected chi connectivity index (χ3v) is 6.54. The second kappa shape index (κ2) is 9.87. The minimum Gasteiger partial charge on any atom is -0.339 e. The van der Waals surface area contributed by atoms with Crippen molar-refractivity contribution < 1.29 is 35.6 Å². The molecule has 33 heavy (non-hydrogen) atoms. The van der Waals surface area contributed by atoms with E-state index in [0.29, 0.717) is 11.6 Å². The Kier molecular flexibility index (Phi) is 7.38. The number of nitrogens with one attached hydrogen (secondary N) is 1. The smallest absolute Gasteiger partial charge is 0.339 e. The molecular formula is C21H21F4N3O4S. The van der Waals surface area contributed by atoms with Gasteiger partial charge in [0.2, 0.25) is 21.8 Å². The molecule has 1 aliphatic rings. The number of rotatable bonds is 6. The summed E-state index contributed by atoms with van der Waals surface area (Å²) in [5, 5.41) is 0. The molecule has 178 valence electrons. The van der Waals surface area contributed by atoms with Gasteiger partial charge in [0.05, 0.1) is 23.4 Å². The van der Waals surface area contributed by atoms with Crippen LogP contribution in [0.25, 0.3) is 0 Å². The molecule has 0 bridgehead atoms. The maximum Gasteiger partial charge on any atom is 0.416 e. The number of amides is 2. The molecule has 0 spiro atoms. The number of carbonyl (C=O) groups excluding carboxylic acids is 2. The highest BCUT2D eigenvalue weighted by Gasteiger charge is 2.32. The largest absolute Gasteiger partial charge is 0.416 e. The van der Waals surface area contributed by atoms with Crippen molar-refractivity contribution >= 4 is 21.8 Å². The van der Waals surface area contributed by atoms with Crippen molar-refractivity contribution in [1.82, 2.24) is 14.5 Å². The van der Waals surface area contributed by atoms with E-state index in [-0.39, 0.29) is 38.5 Å². The van der Waals surface area contributed by atoms with Crippen LogP contribution < -0.4 is 4.72 Å². The second-order valence-corrected chi connectivity index (χ2v) is 9.18. The number of piperazine rings is 1. The number of benzene rings is 2. The molecule has 1 saturated heterocycles. The van der Waals surface area contributed by atoms with Gasteiger partial charge in [-0.15, -0.1) is 0 Å². The van der Waals surface area contributed by atoms with Crippen molar-refractivity contribution in [3.05, 3.63) is 65.5 Å². The molecule has 0 atom stereocenters. The fraction of sp³-hybridized carbons (Fsp3) is 0.333. The van der Waals surface area contributed by atoms with E-state index >= 15 is 0 Å². The Labute approximate surface area is 188 Å². The van der Waals surface area contributed by atoms with Crippen LogP contribution in [0.1, 0.15) is 11.1 Å². The van der Waals surface area contributed by atoms with Crippen LogP contribution >= 0.6 is 0 Å². The number of carbonyl (C=O) groups is 2. The summed E-state index contributed by atoms with van der Waals surface area (Å²) in [6.45, 7) is 0.221. The molecule has 0 saturated carbocycles. The average molecular weight is 487 g/mol. The predicted octanol–water partition coefficient (Wildman–Crippen LogP) is 2.04. The lowest BCUT2D eigenvalue weighted by Crippen LogP contribution is -2.52. The highest BCUT2D eigenvalue weighted by Crippen LogP contribution is 2.30. The van der Waals surface area contributed by atoms with E-state index < -0.39 is 44.9 Å². The lowest BCUT2D eigenvalue weighted by Gasteiger charge is -2.35. The standard InChI is InChI=1S/C21H21F4N3O4S/c22-17-6-4-15(5-7-17)12-19(29)27-8-10-28(11-9-27)20(30)14-26-33(31,32)18-3-1-2-16(13-18)21(23,24)25/h1-7,13,26H,8-12,14H2. The number of halogens is 4. The molecule has 1 aliphatic heterocycles. The fourth-order valence-electron chi connectivity index (χ4n) is 3.29. The quantitative estimate of drug-likeness (QED) is 0.632. The van der Waals surface area contributed by atoms with Gasteiger partial charge in [-0.3, -0.25) is 9.59 Å². The van der Waals surface area contributed by atoms with E-state index in [9.17, 15) is 35.6 Å². The predicted molar refractivity (Wildman–Crippen MR) is 110 cm³/mol. The van der Waals surface area contributed by atoms with E-state index in [1.54, 1.807) is 4.90 Å². The Morgan fingerprint density at radius 2 is 1.48 bits per heavy atom. The summed E-state index contributed by atoms with van der Waals surface area (Å²) in [7, 11) is -4.33. The molecule has 0 aromatic heterocycles. The van der Waals surface area contributed by atoms with Crippen LogP contribution in [0.5, 0.6) is 0 Å². The summed E-state index contributed by atoms with van der Waals surface area (Å²) in [6, 6.07) is 8.79. The first kappa shape index (κ1) is 24.6. The number of nitrogens with zero attached hydrogens (tertiary/aromatic N) is 2. The summed E-state index contributed by atoms with van der Waals surface area (Å²) in [6.07, 6.45) is -4.61. The van der Waals surface area contributed by atoms with Gasteiger partial charge in [-0.2, -0.15) is 13.2 Å². The highest BCUT2D eigenvalue weighted by molar-refractivity contribution is 7.89. The molecular weight excluding hydrogens is 466 g/mol. The van der Waals surface area contributed by atoms with Gasteiger partial charge in [0, 0.05) is 26.2 Å². The first-order chi connectivity index (χ1) is 15.5. The van der Waals surface area contributed by atoms with Crippen LogP contribution in [0.4, 0.5) is 17.6 Å². The topological polar surface area (TPSA) is 86.8 Å². The second-order valence-electron chi connectivity index (χ2n) is 7.41. The molecule has 0 unspecified atom stereocenters. The van der Waals surface area contributed by atoms with Gasteiger partial charge in [0.25, 0.3) is 0 Å². The van der Waals surface area contributed by atoms with Gasteiger partial charge >= 0.3 is 6.18 Å². The van der Waals surface area contributed by atoms with Gasteiger partial charge in [0.1, 0.15) is 5.82 Å². The van der Waals surface area contributed by atoms with E-state index in [0.717, 1.165) is 18.2 Å². The van der Waals surface area contributed by atoms with E-state index in [4.69, 9.17) is 0 Å². The van der Waals surface area contributed by atoms with Crippen LogP contribution in [0, 0.1) is 5.82 Å². The SMILES string of the molecule is O=C(CNS(=O)(=O)c1cccc(C(F)(F)F)c1)N1CCN(C(=O)Cc2ccc(F)cc2)CC1. The Morgan fingerprint density at radius 3 is 2.06 bits per heavy atom. The maximum atomic E-state index is 13.0. The van der Waals surface area contributed by atoms with Crippen LogP contribution in [0.2, 0.25) is 0 Å². The van der Waals surface area contributed by atoms with Crippen LogP contribution in [0.3, 0.4) is 0 Å². The third-order valence-electron chi connectivity index (χ3n) is 5.14. The van der Waals surface area contributed by atoms with Crippen molar-refractivity contribution in [3.63, 3.8) is 0 Å². The van der Waals surface area contributed by atoms with Crippen molar-refractivity contribution in [2.24, 2.45) is 0 Å². The molecule has 2 aromatic rings. The third kappa shape index (κ3) is 6.51. The van der Waals surface area contributed by atoms with Gasteiger partial charge in [-0.1, -0.05) is 18.2 Å². The Bertz CT molecular complexity index is 1110. The summed E-state index contributed by atoms with van der Waals surface area (Å²) in [5.41, 5.74) is -0.456. The number of hydrogen-bond acceptors (Lipinski definition) is 4. The molecule has 12 heteroatoms. The minimum absolute atomic E-state index is 0.0883. The fourth-order valence-corrected chi connectivity index (χ4v) is 4.31.